The number of aromatic hydroxyl groups is 2. The van der Waals surface area contributed by atoms with E-state index in [1.165, 1.54) is 18.2 Å². The van der Waals surface area contributed by atoms with E-state index in [4.69, 9.17) is 4.74 Å². The fourth-order valence-electron chi connectivity index (χ4n) is 1.96. The third kappa shape index (κ3) is 3.66. The van der Waals surface area contributed by atoms with Gasteiger partial charge in [-0.2, -0.15) is 0 Å². The third-order valence-electron chi connectivity index (χ3n) is 3.11. The predicted molar refractivity (Wildman–Crippen MR) is 78.8 cm³/mol. The van der Waals surface area contributed by atoms with E-state index in [0.717, 1.165) is 11.3 Å². The van der Waals surface area contributed by atoms with Crippen LogP contribution < -0.4 is 10.1 Å². The van der Waals surface area contributed by atoms with Gasteiger partial charge in [-0.1, -0.05) is 18.2 Å². The number of ether oxygens (including phenoxy) is 1. The molecule has 0 unspecified atom stereocenters. The Morgan fingerprint density at radius 3 is 2.29 bits per heavy atom. The van der Waals surface area contributed by atoms with Crippen LogP contribution >= 0.6 is 0 Å². The Kier molecular flexibility index (Phi) is 4.66. The first kappa shape index (κ1) is 14.7. The van der Waals surface area contributed by atoms with E-state index in [1.807, 2.05) is 24.3 Å². The molecule has 0 saturated carbocycles. The van der Waals surface area contributed by atoms with E-state index < -0.39 is 5.91 Å². The second-order valence-electron chi connectivity index (χ2n) is 4.53. The Balaban J connectivity index is 1.92. The molecule has 0 aliphatic heterocycles. The molecule has 0 bridgehead atoms. The topological polar surface area (TPSA) is 78.8 Å². The van der Waals surface area contributed by atoms with Crippen LogP contribution in [0.3, 0.4) is 0 Å². The third-order valence-corrected chi connectivity index (χ3v) is 3.11. The highest BCUT2D eigenvalue weighted by Crippen LogP contribution is 2.25. The summed E-state index contributed by atoms with van der Waals surface area (Å²) in [4.78, 5) is 11.9. The molecule has 2 aromatic rings. The molecule has 0 spiro atoms. The summed E-state index contributed by atoms with van der Waals surface area (Å²) < 4.78 is 5.07. The average molecular weight is 287 g/mol. The van der Waals surface area contributed by atoms with Crippen molar-refractivity contribution in [2.75, 3.05) is 13.7 Å². The number of rotatable bonds is 5. The van der Waals surface area contributed by atoms with Crippen LogP contribution in [0.5, 0.6) is 17.2 Å². The summed E-state index contributed by atoms with van der Waals surface area (Å²) in [5.74, 6) is -0.199. The average Bonchev–Trinajstić information content (AvgIpc) is 2.48. The zero-order chi connectivity index (χ0) is 15.2. The number of carbonyl (C=O) groups is 1. The second kappa shape index (κ2) is 6.65. The Hall–Kier alpha value is -2.69. The lowest BCUT2D eigenvalue weighted by atomic mass is 10.1. The first-order valence-corrected chi connectivity index (χ1v) is 6.54. The van der Waals surface area contributed by atoms with Gasteiger partial charge in [-0.05, 0) is 36.2 Å². The molecule has 0 aliphatic carbocycles. The second-order valence-corrected chi connectivity index (χ2v) is 4.53. The van der Waals surface area contributed by atoms with Gasteiger partial charge >= 0.3 is 0 Å². The fraction of sp³-hybridized carbons (Fsp3) is 0.188. The molecule has 0 atom stereocenters. The number of hydrogen-bond donors (Lipinski definition) is 3. The Morgan fingerprint density at radius 2 is 1.71 bits per heavy atom. The molecule has 3 N–H and O–H groups in total. The van der Waals surface area contributed by atoms with Crippen molar-refractivity contribution in [3.8, 4) is 17.2 Å². The molecule has 0 saturated heterocycles. The van der Waals surface area contributed by atoms with Crippen molar-refractivity contribution in [1.82, 2.24) is 5.32 Å². The van der Waals surface area contributed by atoms with Crippen molar-refractivity contribution in [3.05, 3.63) is 53.6 Å². The van der Waals surface area contributed by atoms with E-state index in [1.54, 1.807) is 7.11 Å². The molecule has 0 aliphatic rings. The Labute approximate surface area is 122 Å². The maximum atomic E-state index is 11.9. The number of benzene rings is 2. The van der Waals surface area contributed by atoms with E-state index in [-0.39, 0.29) is 17.1 Å². The summed E-state index contributed by atoms with van der Waals surface area (Å²) in [6.45, 7) is 0.402. The maximum Gasteiger partial charge on any atom is 0.258 e. The molecule has 0 fully saturated rings. The van der Waals surface area contributed by atoms with Gasteiger partial charge in [-0.15, -0.1) is 0 Å². The highest BCUT2D eigenvalue weighted by Gasteiger charge is 2.15. The molecular formula is C16H17NO4. The van der Waals surface area contributed by atoms with E-state index >= 15 is 0 Å². The van der Waals surface area contributed by atoms with Crippen LogP contribution in [0.4, 0.5) is 0 Å². The first-order chi connectivity index (χ1) is 10.1. The van der Waals surface area contributed by atoms with Crippen LogP contribution in [0.25, 0.3) is 0 Å². The molecule has 5 heteroatoms. The lowest BCUT2D eigenvalue weighted by molar-refractivity contribution is 0.0948. The van der Waals surface area contributed by atoms with Gasteiger partial charge in [0, 0.05) is 6.54 Å². The minimum absolute atomic E-state index is 0.104. The van der Waals surface area contributed by atoms with Crippen LogP contribution in [0, 0.1) is 0 Å². The van der Waals surface area contributed by atoms with Crippen molar-refractivity contribution in [3.63, 3.8) is 0 Å². The highest BCUT2D eigenvalue weighted by molar-refractivity contribution is 5.99. The SMILES string of the molecule is COc1ccc(CCNC(=O)c2c(O)cccc2O)cc1. The Bertz CT molecular complexity index is 602. The standard InChI is InChI=1S/C16H17NO4/c1-21-12-7-5-11(6-8-12)9-10-17-16(20)15-13(18)3-2-4-14(15)19/h2-8,18-19H,9-10H2,1H3,(H,17,20). The lowest BCUT2D eigenvalue weighted by Crippen LogP contribution is -2.25. The lowest BCUT2D eigenvalue weighted by Gasteiger charge is -2.08. The van der Waals surface area contributed by atoms with Gasteiger partial charge in [-0.3, -0.25) is 4.79 Å². The molecule has 2 rings (SSSR count). The van der Waals surface area contributed by atoms with Crippen molar-refractivity contribution < 1.29 is 19.7 Å². The number of amides is 1. The summed E-state index contributed by atoms with van der Waals surface area (Å²) in [5.41, 5.74) is 0.949. The number of carbonyl (C=O) groups excluding carboxylic acids is 1. The largest absolute Gasteiger partial charge is 0.507 e. The number of methoxy groups -OCH3 is 1. The molecule has 0 heterocycles. The predicted octanol–water partition coefficient (Wildman–Crippen LogP) is 2.08. The molecule has 5 nitrogen and oxygen atoms in total. The maximum absolute atomic E-state index is 11.9. The molecule has 21 heavy (non-hydrogen) atoms. The van der Waals surface area contributed by atoms with Gasteiger partial charge in [-0.25, -0.2) is 0 Å². The van der Waals surface area contributed by atoms with Gasteiger partial charge in [0.2, 0.25) is 0 Å². The van der Waals surface area contributed by atoms with Gasteiger partial charge in [0.15, 0.2) is 0 Å². The molecule has 1 amide bonds. The van der Waals surface area contributed by atoms with E-state index in [2.05, 4.69) is 5.32 Å². The minimum Gasteiger partial charge on any atom is -0.507 e. The summed E-state index contributed by atoms with van der Waals surface area (Å²) in [7, 11) is 1.61. The van der Waals surface area contributed by atoms with Crippen LogP contribution in [0.15, 0.2) is 42.5 Å². The summed E-state index contributed by atoms with van der Waals surface area (Å²) in [6, 6.07) is 11.7. The van der Waals surface area contributed by atoms with Crippen LogP contribution in [0.2, 0.25) is 0 Å². The van der Waals surface area contributed by atoms with Gasteiger partial charge < -0.3 is 20.3 Å². The fourth-order valence-corrected chi connectivity index (χ4v) is 1.96. The number of phenolic OH excluding ortho intramolecular Hbond substituents is 2. The van der Waals surface area contributed by atoms with Gasteiger partial charge in [0.05, 0.1) is 7.11 Å². The van der Waals surface area contributed by atoms with Crippen LogP contribution in [-0.2, 0) is 6.42 Å². The molecular weight excluding hydrogens is 270 g/mol. The van der Waals surface area contributed by atoms with Crippen molar-refractivity contribution in [1.29, 1.82) is 0 Å². The zero-order valence-electron chi connectivity index (χ0n) is 11.7. The minimum atomic E-state index is -0.501. The molecule has 2 aromatic carbocycles. The molecule has 0 aromatic heterocycles. The number of nitrogens with one attached hydrogen (secondary N) is 1. The van der Waals surface area contributed by atoms with Crippen LogP contribution in [0.1, 0.15) is 15.9 Å². The molecule has 0 radical (unpaired) electrons. The monoisotopic (exact) mass is 287 g/mol. The Morgan fingerprint density at radius 1 is 1.10 bits per heavy atom. The van der Waals surface area contributed by atoms with Gasteiger partial charge in [0.25, 0.3) is 5.91 Å². The summed E-state index contributed by atoms with van der Waals surface area (Å²) in [5, 5.41) is 21.9. The number of phenols is 2. The van der Waals surface area contributed by atoms with Crippen molar-refractivity contribution >= 4 is 5.91 Å². The molecule has 110 valence electrons. The van der Waals surface area contributed by atoms with Gasteiger partial charge in [0.1, 0.15) is 22.8 Å². The number of hydrogen-bond acceptors (Lipinski definition) is 4. The van der Waals surface area contributed by atoms with E-state index in [0.29, 0.717) is 13.0 Å². The zero-order valence-corrected chi connectivity index (χ0v) is 11.7. The quantitative estimate of drug-likeness (QED) is 0.786. The summed E-state index contributed by atoms with van der Waals surface area (Å²) in [6.07, 6.45) is 0.643. The van der Waals surface area contributed by atoms with Crippen molar-refractivity contribution in [2.24, 2.45) is 0 Å². The highest BCUT2D eigenvalue weighted by atomic mass is 16.5. The summed E-state index contributed by atoms with van der Waals surface area (Å²) >= 11 is 0. The smallest absolute Gasteiger partial charge is 0.258 e. The van der Waals surface area contributed by atoms with E-state index in [9.17, 15) is 15.0 Å². The normalized spacial score (nSPS) is 10.1. The van der Waals surface area contributed by atoms with Crippen LogP contribution in [-0.4, -0.2) is 29.8 Å². The van der Waals surface area contributed by atoms with Crippen molar-refractivity contribution in [2.45, 2.75) is 6.42 Å². The first-order valence-electron chi connectivity index (χ1n) is 6.54.